The molecule has 0 fully saturated rings. The van der Waals surface area contributed by atoms with Gasteiger partial charge in [-0.15, -0.1) is 0 Å². The Kier molecular flexibility index (Phi) is 9.68. The lowest BCUT2D eigenvalue weighted by molar-refractivity contribution is 1.30. The molecule has 0 unspecified atom stereocenters. The van der Waals surface area contributed by atoms with E-state index in [1.54, 1.807) is 0 Å². The maximum atomic E-state index is 2.38. The minimum absolute atomic E-state index is 1.11. The van der Waals surface area contributed by atoms with Gasteiger partial charge in [-0.05, 0) is 109 Å². The van der Waals surface area contributed by atoms with Gasteiger partial charge in [0.15, 0.2) is 0 Å². The lowest BCUT2D eigenvalue weighted by atomic mass is 9.91. The fraction of sp³-hybridized carbons (Fsp3) is 0. The molecule has 0 saturated carbocycles. The Balaban J connectivity index is 0.955. The number of benzene rings is 10. The Bertz CT molecular complexity index is 2970. The first-order valence-electron chi connectivity index (χ1n) is 20.2. The van der Waals surface area contributed by atoms with Crippen LogP contribution in [0.4, 0.5) is 17.1 Å². The van der Waals surface area contributed by atoms with Crippen molar-refractivity contribution in [2.75, 3.05) is 4.90 Å². The topological polar surface area (TPSA) is 3.24 Å². The molecule has 0 aromatic heterocycles. The van der Waals surface area contributed by atoms with Crippen LogP contribution >= 0.6 is 0 Å². The first-order chi connectivity index (χ1) is 29.2. The summed E-state index contributed by atoms with van der Waals surface area (Å²) in [7, 11) is 0. The molecule has 0 saturated heterocycles. The summed E-state index contributed by atoms with van der Waals surface area (Å²) >= 11 is 0. The minimum Gasteiger partial charge on any atom is -0.310 e. The molecule has 1 nitrogen and oxygen atoms in total. The molecule has 0 atom stereocenters. The van der Waals surface area contributed by atoms with E-state index < -0.39 is 0 Å². The minimum atomic E-state index is 1.11. The zero-order valence-electron chi connectivity index (χ0n) is 32.6. The van der Waals surface area contributed by atoms with Gasteiger partial charge in [-0.1, -0.05) is 212 Å². The standard InChI is InChI=1S/C58H41N/c1-4-13-42(14-5-1)43-23-25-44(26-24-43)46-31-36-53(37-32-46)59(58-22-12-20-50-19-10-11-21-56(50)58)54-38-33-47(34-39-54)45-27-29-48(30-28-45)52-35-40-55(49-15-6-2-7-16-49)57(41-52)51-17-8-3-9-18-51/h1-41H. The molecule has 59 heavy (non-hydrogen) atoms. The molecule has 0 N–H and O–H groups in total. The van der Waals surface area contributed by atoms with E-state index in [0.717, 1.165) is 17.1 Å². The number of fused-ring (bicyclic) bond motifs is 1. The van der Waals surface area contributed by atoms with Gasteiger partial charge in [0.1, 0.15) is 0 Å². The monoisotopic (exact) mass is 751 g/mol. The Morgan fingerprint density at radius 2 is 0.576 bits per heavy atom. The Morgan fingerprint density at radius 3 is 1.08 bits per heavy atom. The van der Waals surface area contributed by atoms with Crippen molar-refractivity contribution in [3.8, 4) is 66.8 Å². The van der Waals surface area contributed by atoms with E-state index in [1.807, 2.05) is 0 Å². The highest BCUT2D eigenvalue weighted by atomic mass is 15.1. The van der Waals surface area contributed by atoms with Gasteiger partial charge in [-0.25, -0.2) is 0 Å². The summed E-state index contributed by atoms with van der Waals surface area (Å²) in [6, 6.07) is 89.7. The molecule has 1 heteroatoms. The summed E-state index contributed by atoms with van der Waals surface area (Å²) in [6.45, 7) is 0. The molecule has 10 aromatic rings. The van der Waals surface area contributed by atoms with Crippen LogP contribution in [0.2, 0.25) is 0 Å². The number of rotatable bonds is 9. The second-order valence-corrected chi connectivity index (χ2v) is 14.9. The van der Waals surface area contributed by atoms with E-state index in [1.165, 1.54) is 77.5 Å². The molecule has 10 aromatic carbocycles. The highest BCUT2D eigenvalue weighted by Crippen LogP contribution is 2.41. The second-order valence-electron chi connectivity index (χ2n) is 14.9. The first kappa shape index (κ1) is 35.7. The van der Waals surface area contributed by atoms with Crippen LogP contribution in [0, 0.1) is 0 Å². The van der Waals surface area contributed by atoms with E-state index >= 15 is 0 Å². The lowest BCUT2D eigenvalue weighted by Crippen LogP contribution is -2.10. The van der Waals surface area contributed by atoms with E-state index in [0.29, 0.717) is 0 Å². The third kappa shape index (κ3) is 7.34. The van der Waals surface area contributed by atoms with Crippen LogP contribution in [0.15, 0.2) is 249 Å². The van der Waals surface area contributed by atoms with E-state index in [9.17, 15) is 0 Å². The van der Waals surface area contributed by atoms with Crippen molar-refractivity contribution in [1.82, 2.24) is 0 Å². The number of hydrogen-bond donors (Lipinski definition) is 0. The Labute approximate surface area is 346 Å². The van der Waals surface area contributed by atoms with Crippen LogP contribution in [0.1, 0.15) is 0 Å². The number of anilines is 3. The van der Waals surface area contributed by atoms with E-state index in [4.69, 9.17) is 0 Å². The average molecular weight is 752 g/mol. The molecule has 0 aliphatic heterocycles. The van der Waals surface area contributed by atoms with Crippen LogP contribution in [0.25, 0.3) is 77.5 Å². The van der Waals surface area contributed by atoms with Crippen molar-refractivity contribution in [3.05, 3.63) is 249 Å². The van der Waals surface area contributed by atoms with Gasteiger partial charge in [-0.3, -0.25) is 0 Å². The van der Waals surface area contributed by atoms with Crippen molar-refractivity contribution in [2.24, 2.45) is 0 Å². The fourth-order valence-electron chi connectivity index (χ4n) is 8.23. The van der Waals surface area contributed by atoms with Crippen molar-refractivity contribution in [3.63, 3.8) is 0 Å². The zero-order chi connectivity index (χ0) is 39.4. The van der Waals surface area contributed by atoms with E-state index in [-0.39, 0.29) is 0 Å². The molecule has 0 aliphatic rings. The van der Waals surface area contributed by atoms with Crippen LogP contribution in [0.3, 0.4) is 0 Å². The highest BCUT2D eigenvalue weighted by Gasteiger charge is 2.16. The van der Waals surface area contributed by atoms with Gasteiger partial charge in [0.2, 0.25) is 0 Å². The summed E-state index contributed by atoms with van der Waals surface area (Å²) in [6.07, 6.45) is 0. The van der Waals surface area contributed by atoms with Gasteiger partial charge < -0.3 is 4.90 Å². The normalized spacial score (nSPS) is 11.1. The molecule has 0 heterocycles. The van der Waals surface area contributed by atoms with Crippen LogP contribution in [-0.2, 0) is 0 Å². The molecule has 0 amide bonds. The SMILES string of the molecule is c1ccc(-c2ccc(-c3ccc(N(c4ccc(-c5ccc(-c6ccc(-c7ccccc7)c(-c7ccccc7)c6)cc5)cc4)c4cccc5ccccc45)cc3)cc2)cc1. The summed E-state index contributed by atoms with van der Waals surface area (Å²) in [5, 5.41) is 2.43. The van der Waals surface area contributed by atoms with Crippen molar-refractivity contribution in [1.29, 1.82) is 0 Å². The summed E-state index contributed by atoms with van der Waals surface area (Å²) in [5.41, 5.74) is 17.9. The highest BCUT2D eigenvalue weighted by molar-refractivity contribution is 5.99. The summed E-state index contributed by atoms with van der Waals surface area (Å²) in [5.74, 6) is 0. The van der Waals surface area contributed by atoms with Gasteiger partial charge in [0.05, 0.1) is 5.69 Å². The molecule has 0 spiro atoms. The molecule has 0 bridgehead atoms. The maximum Gasteiger partial charge on any atom is 0.0540 e. The predicted molar refractivity (Wildman–Crippen MR) is 251 cm³/mol. The first-order valence-corrected chi connectivity index (χ1v) is 20.2. The molecular formula is C58H41N. The zero-order valence-corrected chi connectivity index (χ0v) is 32.6. The fourth-order valence-corrected chi connectivity index (χ4v) is 8.23. The van der Waals surface area contributed by atoms with Crippen LogP contribution < -0.4 is 4.90 Å². The maximum absolute atomic E-state index is 2.38. The quantitative estimate of drug-likeness (QED) is 0.142. The smallest absolute Gasteiger partial charge is 0.0540 e. The number of hydrogen-bond acceptors (Lipinski definition) is 1. The van der Waals surface area contributed by atoms with Crippen LogP contribution in [-0.4, -0.2) is 0 Å². The van der Waals surface area contributed by atoms with Gasteiger partial charge >= 0.3 is 0 Å². The largest absolute Gasteiger partial charge is 0.310 e. The predicted octanol–water partition coefficient (Wildman–Crippen LogP) is 16.3. The average Bonchev–Trinajstić information content (AvgIpc) is 3.33. The summed E-state index contributed by atoms with van der Waals surface area (Å²) in [4.78, 5) is 2.38. The third-order valence-electron chi connectivity index (χ3n) is 11.3. The van der Waals surface area contributed by atoms with Crippen molar-refractivity contribution >= 4 is 27.8 Å². The molecule has 0 aliphatic carbocycles. The Hall–Kier alpha value is -7.74. The molecule has 10 rings (SSSR count). The van der Waals surface area contributed by atoms with Crippen molar-refractivity contribution in [2.45, 2.75) is 0 Å². The van der Waals surface area contributed by atoms with Gasteiger partial charge in [-0.2, -0.15) is 0 Å². The Morgan fingerprint density at radius 1 is 0.220 bits per heavy atom. The third-order valence-corrected chi connectivity index (χ3v) is 11.3. The van der Waals surface area contributed by atoms with Gasteiger partial charge in [0.25, 0.3) is 0 Å². The molecule has 0 radical (unpaired) electrons. The van der Waals surface area contributed by atoms with Gasteiger partial charge in [0, 0.05) is 16.8 Å². The number of nitrogens with zero attached hydrogens (tertiary/aromatic N) is 1. The second kappa shape index (κ2) is 16.0. The molecular weight excluding hydrogens is 711 g/mol. The van der Waals surface area contributed by atoms with E-state index in [2.05, 4.69) is 254 Å². The lowest BCUT2D eigenvalue weighted by Gasteiger charge is -2.27. The summed E-state index contributed by atoms with van der Waals surface area (Å²) < 4.78 is 0. The molecule has 278 valence electrons. The van der Waals surface area contributed by atoms with Crippen LogP contribution in [0.5, 0.6) is 0 Å². The van der Waals surface area contributed by atoms with Crippen molar-refractivity contribution < 1.29 is 0 Å².